The maximum absolute atomic E-state index is 13.6. The number of aliphatic hydroxyl groups is 1. The van der Waals surface area contributed by atoms with Crippen molar-refractivity contribution >= 4 is 17.4 Å². The van der Waals surface area contributed by atoms with E-state index in [1.807, 2.05) is 0 Å². The highest BCUT2D eigenvalue weighted by Gasteiger charge is 2.61. The van der Waals surface area contributed by atoms with Crippen molar-refractivity contribution in [2.45, 2.75) is 11.8 Å². The lowest BCUT2D eigenvalue weighted by atomic mass is 9.87. The van der Waals surface area contributed by atoms with Gasteiger partial charge in [-0.1, -0.05) is 41.9 Å². The van der Waals surface area contributed by atoms with Crippen LogP contribution in [0.1, 0.15) is 16.1 Å². The highest BCUT2D eigenvalue weighted by molar-refractivity contribution is 6.30. The van der Waals surface area contributed by atoms with Crippen LogP contribution in [0.3, 0.4) is 0 Å². The molecule has 134 valence electrons. The molecule has 1 atom stereocenters. The summed E-state index contributed by atoms with van der Waals surface area (Å²) in [4.78, 5) is 12.5. The van der Waals surface area contributed by atoms with Crippen LogP contribution in [0.15, 0.2) is 71.1 Å². The summed E-state index contributed by atoms with van der Waals surface area (Å²) in [6.07, 6.45) is -5.22. The van der Waals surface area contributed by atoms with Crippen LogP contribution < -0.4 is 0 Å². The highest BCUT2D eigenvalue weighted by atomic mass is 35.5. The normalized spacial score (nSPS) is 14.0. The molecule has 0 fully saturated rings. The molecule has 7 heteroatoms. The van der Waals surface area contributed by atoms with E-state index in [9.17, 15) is 23.1 Å². The summed E-state index contributed by atoms with van der Waals surface area (Å²) in [5, 5.41) is 10.8. The van der Waals surface area contributed by atoms with Gasteiger partial charge in [-0.3, -0.25) is 4.79 Å². The standard InChI is InChI=1S/C19H12ClF3O3/c20-14-8-6-12(7-9-14)15-10-11-16(26-15)17(24)18(25,19(21,22)23)13-4-2-1-3-5-13/h1-11,25H/t18-/m0/s1. The first-order valence-corrected chi connectivity index (χ1v) is 7.86. The molecule has 3 aromatic rings. The molecule has 26 heavy (non-hydrogen) atoms. The molecule has 0 bridgehead atoms. The molecule has 0 saturated heterocycles. The first-order valence-electron chi connectivity index (χ1n) is 7.48. The first-order chi connectivity index (χ1) is 12.2. The van der Waals surface area contributed by atoms with Gasteiger partial charge in [0.25, 0.3) is 5.60 Å². The SMILES string of the molecule is O=C(c1ccc(-c2ccc(Cl)cc2)o1)[C@@](O)(c1ccccc1)C(F)(F)F. The molecule has 0 aliphatic rings. The van der Waals surface area contributed by atoms with E-state index in [4.69, 9.17) is 16.0 Å². The van der Waals surface area contributed by atoms with E-state index in [0.29, 0.717) is 10.6 Å². The number of hydrogen-bond donors (Lipinski definition) is 1. The van der Waals surface area contributed by atoms with Gasteiger partial charge in [0.2, 0.25) is 5.78 Å². The van der Waals surface area contributed by atoms with Crippen molar-refractivity contribution in [2.24, 2.45) is 0 Å². The Hall–Kier alpha value is -2.57. The van der Waals surface area contributed by atoms with Gasteiger partial charge in [-0.25, -0.2) is 0 Å². The van der Waals surface area contributed by atoms with E-state index in [-0.39, 0.29) is 5.76 Å². The lowest BCUT2D eigenvalue weighted by Crippen LogP contribution is -2.49. The van der Waals surface area contributed by atoms with Gasteiger partial charge in [-0.15, -0.1) is 0 Å². The summed E-state index contributed by atoms with van der Waals surface area (Å²) < 4.78 is 46.0. The second-order valence-electron chi connectivity index (χ2n) is 5.57. The third-order valence-electron chi connectivity index (χ3n) is 3.89. The molecule has 3 nitrogen and oxygen atoms in total. The Balaban J connectivity index is 2.02. The Kier molecular flexibility index (Phi) is 4.64. The van der Waals surface area contributed by atoms with Gasteiger partial charge in [0.1, 0.15) is 5.76 Å². The van der Waals surface area contributed by atoms with Crippen LogP contribution in [0.2, 0.25) is 5.02 Å². The predicted molar refractivity (Wildman–Crippen MR) is 89.9 cm³/mol. The van der Waals surface area contributed by atoms with Gasteiger partial charge >= 0.3 is 6.18 Å². The summed E-state index contributed by atoms with van der Waals surface area (Å²) in [5.41, 5.74) is -3.76. The number of ketones is 1. The second-order valence-corrected chi connectivity index (χ2v) is 6.01. The maximum atomic E-state index is 13.6. The number of alkyl halides is 3. The average Bonchev–Trinajstić information content (AvgIpc) is 3.11. The summed E-state index contributed by atoms with van der Waals surface area (Å²) in [6, 6.07) is 15.0. The minimum absolute atomic E-state index is 0.183. The van der Waals surface area contributed by atoms with E-state index < -0.39 is 28.9 Å². The summed E-state index contributed by atoms with van der Waals surface area (Å²) in [5.74, 6) is -2.00. The fraction of sp³-hybridized carbons (Fsp3) is 0.105. The number of rotatable bonds is 4. The van der Waals surface area contributed by atoms with Crippen molar-refractivity contribution in [3.8, 4) is 11.3 Å². The Bertz CT molecular complexity index is 917. The van der Waals surface area contributed by atoms with E-state index in [1.165, 1.54) is 24.3 Å². The molecule has 0 spiro atoms. The quantitative estimate of drug-likeness (QED) is 0.630. The number of benzene rings is 2. The Morgan fingerprint density at radius 1 is 0.923 bits per heavy atom. The number of halogens is 4. The first kappa shape index (κ1) is 18.2. The molecule has 0 aliphatic heterocycles. The van der Waals surface area contributed by atoms with E-state index >= 15 is 0 Å². The number of Topliss-reactive ketones (excluding diaryl/α,β-unsaturated/α-hetero) is 1. The van der Waals surface area contributed by atoms with E-state index in [0.717, 1.165) is 18.2 Å². The fourth-order valence-electron chi connectivity index (χ4n) is 2.51. The molecule has 1 aromatic heterocycles. The van der Waals surface area contributed by atoms with Crippen molar-refractivity contribution in [2.75, 3.05) is 0 Å². The van der Waals surface area contributed by atoms with Gasteiger partial charge in [0.05, 0.1) is 0 Å². The average molecular weight is 381 g/mol. The van der Waals surface area contributed by atoms with Crippen LogP contribution in [0.5, 0.6) is 0 Å². The minimum atomic E-state index is -5.22. The molecule has 0 aliphatic carbocycles. The van der Waals surface area contributed by atoms with Crippen LogP contribution in [0, 0.1) is 0 Å². The number of carbonyl (C=O) groups excluding carboxylic acids is 1. The summed E-state index contributed by atoms with van der Waals surface area (Å²) in [6.45, 7) is 0. The van der Waals surface area contributed by atoms with Crippen molar-refractivity contribution in [1.29, 1.82) is 0 Å². The molecule has 0 radical (unpaired) electrons. The molecule has 1 N–H and O–H groups in total. The molecule has 2 aromatic carbocycles. The van der Waals surface area contributed by atoms with Crippen LogP contribution in [0.25, 0.3) is 11.3 Å². The Morgan fingerprint density at radius 3 is 2.12 bits per heavy atom. The molecular formula is C19H12ClF3O3. The zero-order valence-corrected chi connectivity index (χ0v) is 13.9. The largest absolute Gasteiger partial charge is 0.453 e. The lowest BCUT2D eigenvalue weighted by molar-refractivity contribution is -0.242. The van der Waals surface area contributed by atoms with Gasteiger partial charge in [0.15, 0.2) is 5.76 Å². The van der Waals surface area contributed by atoms with Gasteiger partial charge in [-0.05, 0) is 36.4 Å². The van der Waals surface area contributed by atoms with E-state index in [2.05, 4.69) is 0 Å². The predicted octanol–water partition coefficient (Wildman–Crippen LogP) is 5.23. The third-order valence-corrected chi connectivity index (χ3v) is 4.14. The van der Waals surface area contributed by atoms with E-state index in [1.54, 1.807) is 24.3 Å². The third kappa shape index (κ3) is 3.13. The van der Waals surface area contributed by atoms with Crippen LogP contribution in [-0.4, -0.2) is 17.1 Å². The zero-order valence-electron chi connectivity index (χ0n) is 13.1. The Labute approximate surface area is 151 Å². The zero-order chi connectivity index (χ0) is 18.9. The number of furan rings is 1. The lowest BCUT2D eigenvalue weighted by Gasteiger charge is -2.28. The molecule has 0 saturated carbocycles. The topological polar surface area (TPSA) is 50.4 Å². The van der Waals surface area contributed by atoms with Crippen molar-refractivity contribution < 1.29 is 27.5 Å². The van der Waals surface area contributed by atoms with Crippen molar-refractivity contribution in [1.82, 2.24) is 0 Å². The smallest absolute Gasteiger partial charge is 0.429 e. The summed E-state index contributed by atoms with van der Waals surface area (Å²) >= 11 is 5.79. The van der Waals surface area contributed by atoms with Crippen LogP contribution in [0.4, 0.5) is 13.2 Å². The monoisotopic (exact) mass is 380 g/mol. The maximum Gasteiger partial charge on any atom is 0.429 e. The van der Waals surface area contributed by atoms with Gasteiger partial charge in [-0.2, -0.15) is 13.2 Å². The number of hydrogen-bond acceptors (Lipinski definition) is 3. The van der Waals surface area contributed by atoms with Crippen LogP contribution in [-0.2, 0) is 5.60 Å². The van der Waals surface area contributed by atoms with Crippen molar-refractivity contribution in [3.05, 3.63) is 83.1 Å². The molecule has 1 heterocycles. The second kappa shape index (κ2) is 6.63. The van der Waals surface area contributed by atoms with Gasteiger partial charge in [0, 0.05) is 16.1 Å². The summed E-state index contributed by atoms with van der Waals surface area (Å²) in [7, 11) is 0. The molecule has 3 rings (SSSR count). The van der Waals surface area contributed by atoms with Crippen molar-refractivity contribution in [3.63, 3.8) is 0 Å². The molecule has 0 unspecified atom stereocenters. The number of carbonyl (C=O) groups is 1. The fourth-order valence-corrected chi connectivity index (χ4v) is 2.64. The Morgan fingerprint density at radius 2 is 1.54 bits per heavy atom. The highest BCUT2D eigenvalue weighted by Crippen LogP contribution is 2.42. The molecular weight excluding hydrogens is 369 g/mol. The minimum Gasteiger partial charge on any atom is -0.453 e. The van der Waals surface area contributed by atoms with Gasteiger partial charge < -0.3 is 9.52 Å². The molecule has 0 amide bonds. The van der Waals surface area contributed by atoms with Crippen LogP contribution >= 0.6 is 11.6 Å².